The molecule has 0 radical (unpaired) electrons. The van der Waals surface area contributed by atoms with Crippen LogP contribution in [0.5, 0.6) is 5.75 Å². The van der Waals surface area contributed by atoms with E-state index in [9.17, 15) is 4.79 Å². The van der Waals surface area contributed by atoms with Crippen LogP contribution in [0.25, 0.3) is 11.0 Å². The molecule has 2 heterocycles. The van der Waals surface area contributed by atoms with Crippen molar-refractivity contribution in [2.45, 2.75) is 25.7 Å². The molecule has 1 aromatic carbocycles. The first-order valence-electron chi connectivity index (χ1n) is 9.91. The Balaban J connectivity index is 1.33. The zero-order valence-corrected chi connectivity index (χ0v) is 16.0. The van der Waals surface area contributed by atoms with Crippen LogP contribution in [-0.2, 0) is 22.4 Å². The molecule has 1 saturated heterocycles. The second-order valence-corrected chi connectivity index (χ2v) is 7.37. The van der Waals surface area contributed by atoms with Gasteiger partial charge in [0.25, 0.3) is 5.91 Å². The smallest absolute Gasteiger partial charge is 0.260 e. The fourth-order valence-electron chi connectivity index (χ4n) is 4.01. The minimum atomic E-state index is 0.0516. The lowest BCUT2D eigenvalue weighted by molar-refractivity contribution is -0.135. The number of nitrogens with zero attached hydrogens (tertiary/aromatic N) is 2. The van der Waals surface area contributed by atoms with Crippen molar-refractivity contribution in [1.29, 1.82) is 0 Å². The maximum Gasteiger partial charge on any atom is 0.260 e. The van der Waals surface area contributed by atoms with Crippen molar-refractivity contribution >= 4 is 16.9 Å². The molecule has 1 fully saturated rings. The highest BCUT2D eigenvalue weighted by Crippen LogP contribution is 2.33. The number of benzene rings is 1. The molecule has 27 heavy (non-hydrogen) atoms. The molecular formula is C21H28N2O4. The van der Waals surface area contributed by atoms with E-state index in [1.165, 1.54) is 18.4 Å². The van der Waals surface area contributed by atoms with Crippen LogP contribution in [-0.4, -0.2) is 68.8 Å². The summed E-state index contributed by atoms with van der Waals surface area (Å²) in [6.07, 6.45) is 4.50. The summed E-state index contributed by atoms with van der Waals surface area (Å²) in [7, 11) is 1.72. The molecule has 0 spiro atoms. The number of aryl methyl sites for hydroxylation is 2. The molecule has 146 valence electrons. The van der Waals surface area contributed by atoms with E-state index in [4.69, 9.17) is 13.9 Å². The van der Waals surface area contributed by atoms with Gasteiger partial charge >= 0.3 is 0 Å². The summed E-state index contributed by atoms with van der Waals surface area (Å²) in [5, 5.41) is 1.14. The van der Waals surface area contributed by atoms with Gasteiger partial charge in [0, 0.05) is 57.2 Å². The highest BCUT2D eigenvalue weighted by molar-refractivity contribution is 5.84. The molecule has 0 saturated carbocycles. The van der Waals surface area contributed by atoms with E-state index in [1.807, 2.05) is 23.1 Å². The van der Waals surface area contributed by atoms with Crippen molar-refractivity contribution < 1.29 is 18.7 Å². The van der Waals surface area contributed by atoms with Crippen LogP contribution in [0.4, 0.5) is 0 Å². The first-order valence-corrected chi connectivity index (χ1v) is 9.91. The molecule has 1 amide bonds. The fraction of sp³-hybridized carbons (Fsp3) is 0.571. The normalized spacial score (nSPS) is 17.9. The van der Waals surface area contributed by atoms with Gasteiger partial charge in [0.15, 0.2) is 6.61 Å². The largest absolute Gasteiger partial charge is 0.484 e. The van der Waals surface area contributed by atoms with Gasteiger partial charge < -0.3 is 18.8 Å². The van der Waals surface area contributed by atoms with Crippen molar-refractivity contribution in [3.8, 4) is 5.75 Å². The number of rotatable bonds is 6. The van der Waals surface area contributed by atoms with Gasteiger partial charge in [-0.25, -0.2) is 0 Å². The maximum atomic E-state index is 12.5. The first kappa shape index (κ1) is 18.3. The molecule has 0 atom stereocenters. The fourth-order valence-corrected chi connectivity index (χ4v) is 4.01. The van der Waals surface area contributed by atoms with E-state index in [-0.39, 0.29) is 12.5 Å². The van der Waals surface area contributed by atoms with Crippen molar-refractivity contribution in [3.05, 3.63) is 29.5 Å². The third kappa shape index (κ3) is 4.12. The van der Waals surface area contributed by atoms with Crippen molar-refractivity contribution in [3.63, 3.8) is 0 Å². The van der Waals surface area contributed by atoms with Gasteiger partial charge in [-0.05, 0) is 37.5 Å². The Morgan fingerprint density at radius 2 is 1.96 bits per heavy atom. The van der Waals surface area contributed by atoms with Gasteiger partial charge in [-0.2, -0.15) is 0 Å². The van der Waals surface area contributed by atoms with Crippen molar-refractivity contribution in [2.24, 2.45) is 0 Å². The molecule has 2 aliphatic rings. The Morgan fingerprint density at radius 3 is 2.78 bits per heavy atom. The molecule has 0 unspecified atom stereocenters. The highest BCUT2D eigenvalue weighted by atomic mass is 16.5. The van der Waals surface area contributed by atoms with Crippen LogP contribution in [0.2, 0.25) is 0 Å². The average Bonchev–Trinajstić information content (AvgIpc) is 3.09. The first-order chi connectivity index (χ1) is 13.2. The Labute approximate surface area is 160 Å². The minimum absolute atomic E-state index is 0.0516. The van der Waals surface area contributed by atoms with Crippen LogP contribution in [0.1, 0.15) is 24.2 Å². The predicted molar refractivity (Wildman–Crippen MR) is 103 cm³/mol. The summed E-state index contributed by atoms with van der Waals surface area (Å²) in [6, 6.07) is 5.88. The molecular weight excluding hydrogens is 344 g/mol. The number of methoxy groups -OCH3 is 1. The highest BCUT2D eigenvalue weighted by Gasteiger charge is 2.22. The Bertz CT molecular complexity index is 793. The molecule has 6 heteroatoms. The van der Waals surface area contributed by atoms with Gasteiger partial charge in [0.05, 0.1) is 6.61 Å². The summed E-state index contributed by atoms with van der Waals surface area (Å²) in [6.45, 7) is 5.02. The van der Waals surface area contributed by atoms with Crippen LogP contribution >= 0.6 is 0 Å². The lowest BCUT2D eigenvalue weighted by atomic mass is 9.96. The van der Waals surface area contributed by atoms with E-state index in [0.29, 0.717) is 0 Å². The zero-order valence-electron chi connectivity index (χ0n) is 16.0. The lowest BCUT2D eigenvalue weighted by Crippen LogP contribution is -2.50. The van der Waals surface area contributed by atoms with Crippen LogP contribution in [0.15, 0.2) is 22.6 Å². The van der Waals surface area contributed by atoms with Crippen molar-refractivity contribution in [2.75, 3.05) is 53.0 Å². The SMILES string of the molecule is COCCN1CCN(C(=O)COc2ccc3oc4c(c3c2)CCCC4)CC1. The number of hydrogen-bond donors (Lipinski definition) is 0. The molecule has 4 rings (SSSR count). The summed E-state index contributed by atoms with van der Waals surface area (Å²) in [5.74, 6) is 1.91. The number of amides is 1. The molecule has 1 aliphatic heterocycles. The number of furan rings is 1. The summed E-state index contributed by atoms with van der Waals surface area (Å²) in [5.41, 5.74) is 2.24. The van der Waals surface area contributed by atoms with Gasteiger partial charge in [0.1, 0.15) is 17.1 Å². The minimum Gasteiger partial charge on any atom is -0.484 e. The van der Waals surface area contributed by atoms with E-state index in [1.54, 1.807) is 7.11 Å². The average molecular weight is 372 g/mol. The third-order valence-electron chi connectivity index (χ3n) is 5.63. The molecule has 6 nitrogen and oxygen atoms in total. The maximum absolute atomic E-state index is 12.5. The number of piperazine rings is 1. The quantitative estimate of drug-likeness (QED) is 0.780. The van der Waals surface area contributed by atoms with E-state index < -0.39 is 0 Å². The summed E-state index contributed by atoms with van der Waals surface area (Å²) < 4.78 is 16.9. The van der Waals surface area contributed by atoms with Crippen LogP contribution in [0, 0.1) is 0 Å². The third-order valence-corrected chi connectivity index (χ3v) is 5.63. The Hall–Kier alpha value is -2.05. The topological polar surface area (TPSA) is 55.2 Å². The van der Waals surface area contributed by atoms with E-state index in [0.717, 1.165) is 74.7 Å². The zero-order chi connectivity index (χ0) is 18.6. The molecule has 1 aliphatic carbocycles. The van der Waals surface area contributed by atoms with Crippen LogP contribution < -0.4 is 4.74 Å². The standard InChI is InChI=1S/C21H28N2O4/c1-25-13-12-22-8-10-23(11-9-22)21(24)15-26-16-6-7-20-18(14-16)17-4-2-3-5-19(17)27-20/h6-7,14H,2-5,8-13,15H2,1H3. The Kier molecular flexibility index (Phi) is 5.64. The second kappa shape index (κ2) is 8.31. The predicted octanol–water partition coefficient (Wildman–Crippen LogP) is 2.48. The van der Waals surface area contributed by atoms with Gasteiger partial charge in [-0.1, -0.05) is 0 Å². The number of hydrogen-bond acceptors (Lipinski definition) is 5. The van der Waals surface area contributed by atoms with Gasteiger partial charge in [-0.15, -0.1) is 0 Å². The Morgan fingerprint density at radius 1 is 1.15 bits per heavy atom. The summed E-state index contributed by atoms with van der Waals surface area (Å²) >= 11 is 0. The number of fused-ring (bicyclic) bond motifs is 3. The second-order valence-electron chi connectivity index (χ2n) is 7.37. The number of ether oxygens (including phenoxy) is 2. The molecule has 1 aromatic heterocycles. The van der Waals surface area contributed by atoms with Gasteiger partial charge in [0.2, 0.25) is 0 Å². The van der Waals surface area contributed by atoms with Gasteiger partial charge in [-0.3, -0.25) is 9.69 Å². The molecule has 0 bridgehead atoms. The summed E-state index contributed by atoms with van der Waals surface area (Å²) in [4.78, 5) is 16.7. The van der Waals surface area contributed by atoms with Crippen LogP contribution in [0.3, 0.4) is 0 Å². The van der Waals surface area contributed by atoms with E-state index >= 15 is 0 Å². The molecule has 0 N–H and O–H groups in total. The monoisotopic (exact) mass is 372 g/mol. The lowest BCUT2D eigenvalue weighted by Gasteiger charge is -2.34. The van der Waals surface area contributed by atoms with Crippen molar-refractivity contribution in [1.82, 2.24) is 9.80 Å². The van der Waals surface area contributed by atoms with E-state index in [2.05, 4.69) is 4.90 Å². The number of carbonyl (C=O) groups is 1. The number of carbonyl (C=O) groups excluding carboxylic acids is 1. The molecule has 2 aromatic rings.